The van der Waals surface area contributed by atoms with Crippen LogP contribution in [0.4, 0.5) is 5.82 Å². The Balaban J connectivity index is 0.000000375. The number of nitrogens with zero attached hydrogens (tertiary/aromatic N) is 1. The number of nitrogens with one attached hydrogen (secondary N) is 4. The summed E-state index contributed by atoms with van der Waals surface area (Å²) in [6.45, 7) is 1.96. The predicted octanol–water partition coefficient (Wildman–Crippen LogP) is 2.02. The minimum absolute atomic E-state index is 0.161. The molecule has 0 spiro atoms. The Bertz CT molecular complexity index is 1060. The summed E-state index contributed by atoms with van der Waals surface area (Å²) in [7, 11) is 0. The fourth-order valence-corrected chi connectivity index (χ4v) is 4.57. The van der Waals surface area contributed by atoms with Crippen LogP contribution in [0.1, 0.15) is 49.7 Å². The normalized spacial score (nSPS) is 19.8. The highest BCUT2D eigenvalue weighted by Crippen LogP contribution is 2.17. The van der Waals surface area contributed by atoms with Crippen LogP contribution in [-0.4, -0.2) is 59.1 Å². The van der Waals surface area contributed by atoms with Gasteiger partial charge in [-0.3, -0.25) is 14.4 Å². The largest absolute Gasteiger partial charge is 0.480 e. The highest BCUT2D eigenvalue weighted by Gasteiger charge is 2.27. The van der Waals surface area contributed by atoms with E-state index in [4.69, 9.17) is 22.4 Å². The number of pyridine rings is 1. The lowest BCUT2D eigenvalue weighted by atomic mass is 10.0. The number of hydrogen-bond donors (Lipinski definition) is 6. The summed E-state index contributed by atoms with van der Waals surface area (Å²) >= 11 is 6.27. The third kappa shape index (κ3) is 9.59. The van der Waals surface area contributed by atoms with Gasteiger partial charge in [0.05, 0.1) is 6.04 Å². The van der Waals surface area contributed by atoms with Crippen molar-refractivity contribution < 1.29 is 19.5 Å². The number of rotatable bonds is 8. The number of amides is 2. The van der Waals surface area contributed by atoms with Gasteiger partial charge in [-0.15, -0.1) is 0 Å². The molecule has 0 aliphatic carbocycles. The number of carbonyl (C=O) groups excluding carboxylic acids is 2. The summed E-state index contributed by atoms with van der Waals surface area (Å²) in [5, 5.41) is 20.9. The number of carboxylic acid groups (broad SMARTS) is 1. The average Bonchev–Trinajstić information content (AvgIpc) is 2.94. The number of halogens is 1. The van der Waals surface area contributed by atoms with Crippen LogP contribution in [0.3, 0.4) is 0 Å². The monoisotopic (exact) mass is 544 g/mol. The minimum atomic E-state index is -0.729. The Kier molecular flexibility index (Phi) is 11.8. The van der Waals surface area contributed by atoms with Crippen molar-refractivity contribution in [2.45, 2.75) is 69.6 Å². The van der Waals surface area contributed by atoms with E-state index in [1.54, 1.807) is 24.4 Å². The Labute approximate surface area is 228 Å². The fraction of sp³-hybridized carbons (Fsp3) is 0.481. The first-order valence-electron chi connectivity index (χ1n) is 13.0. The molecule has 11 heteroatoms. The molecule has 2 amide bonds. The van der Waals surface area contributed by atoms with Crippen LogP contribution < -0.4 is 27.0 Å². The second kappa shape index (κ2) is 15.3. The highest BCUT2D eigenvalue weighted by molar-refractivity contribution is 6.31. The van der Waals surface area contributed by atoms with Crippen molar-refractivity contribution in [3.05, 3.63) is 58.7 Å². The van der Waals surface area contributed by atoms with Crippen LogP contribution in [0.25, 0.3) is 0 Å². The number of piperidine rings is 2. The zero-order valence-electron chi connectivity index (χ0n) is 21.4. The van der Waals surface area contributed by atoms with E-state index in [-0.39, 0.29) is 23.9 Å². The third-order valence-electron chi connectivity index (χ3n) is 6.56. The summed E-state index contributed by atoms with van der Waals surface area (Å²) in [6, 6.07) is 9.53. The highest BCUT2D eigenvalue weighted by atomic mass is 35.5. The molecule has 38 heavy (non-hydrogen) atoms. The van der Waals surface area contributed by atoms with Crippen LogP contribution >= 0.6 is 11.6 Å². The first-order chi connectivity index (χ1) is 18.3. The first kappa shape index (κ1) is 29.3. The van der Waals surface area contributed by atoms with Crippen molar-refractivity contribution >= 4 is 35.2 Å². The molecule has 1 aromatic carbocycles. The Morgan fingerprint density at radius 3 is 2.26 bits per heavy atom. The van der Waals surface area contributed by atoms with Crippen molar-refractivity contribution in [1.29, 1.82) is 0 Å². The summed E-state index contributed by atoms with van der Waals surface area (Å²) in [4.78, 5) is 39.9. The molecule has 2 aliphatic rings. The van der Waals surface area contributed by atoms with Crippen molar-refractivity contribution in [1.82, 2.24) is 26.3 Å². The van der Waals surface area contributed by atoms with E-state index >= 15 is 0 Å². The maximum absolute atomic E-state index is 12.9. The lowest BCUT2D eigenvalue weighted by Crippen LogP contribution is -2.54. The SMILES string of the molecule is Nc1ccc(CNC(=O)[C@H](Cc2ccccc2Cl)NC(=O)[C@H]2CCCCN2)cn1.O=C(O)[C@H]1CCCCN1. The Morgan fingerprint density at radius 2 is 1.71 bits per heavy atom. The van der Waals surface area contributed by atoms with E-state index in [9.17, 15) is 14.4 Å². The van der Waals surface area contributed by atoms with Gasteiger partial charge < -0.3 is 32.1 Å². The first-order valence-corrected chi connectivity index (χ1v) is 13.4. The Hall–Kier alpha value is -3.21. The van der Waals surface area contributed by atoms with Crippen molar-refractivity contribution in [2.75, 3.05) is 18.8 Å². The maximum atomic E-state index is 12.9. The molecule has 3 atom stereocenters. The second-order valence-corrected chi connectivity index (χ2v) is 9.92. The van der Waals surface area contributed by atoms with Gasteiger partial charge in [0.1, 0.15) is 17.9 Å². The lowest BCUT2D eigenvalue weighted by molar-refractivity contribution is -0.140. The molecule has 2 aliphatic heterocycles. The van der Waals surface area contributed by atoms with Crippen molar-refractivity contribution in [2.24, 2.45) is 0 Å². The van der Waals surface area contributed by atoms with Gasteiger partial charge in [0.25, 0.3) is 0 Å². The molecule has 3 heterocycles. The summed E-state index contributed by atoms with van der Waals surface area (Å²) in [6.07, 6.45) is 7.69. The number of anilines is 1. The van der Waals surface area contributed by atoms with Gasteiger partial charge in [-0.1, -0.05) is 48.7 Å². The van der Waals surface area contributed by atoms with Gasteiger partial charge in [0, 0.05) is 24.2 Å². The number of carboxylic acids is 1. The zero-order valence-corrected chi connectivity index (χ0v) is 22.2. The van der Waals surface area contributed by atoms with Gasteiger partial charge in [-0.05, 0) is 62.0 Å². The van der Waals surface area contributed by atoms with Gasteiger partial charge in [0.15, 0.2) is 0 Å². The van der Waals surface area contributed by atoms with Crippen LogP contribution in [0.2, 0.25) is 5.02 Å². The quantitative estimate of drug-likeness (QED) is 0.294. The molecule has 7 N–H and O–H groups in total. The van der Waals surface area contributed by atoms with Crippen LogP contribution in [0, 0.1) is 0 Å². The molecule has 4 rings (SSSR count). The zero-order chi connectivity index (χ0) is 27.3. The van der Waals surface area contributed by atoms with Crippen molar-refractivity contribution in [3.8, 4) is 0 Å². The van der Waals surface area contributed by atoms with Crippen LogP contribution in [-0.2, 0) is 27.3 Å². The number of nitrogen functional groups attached to an aromatic ring is 1. The fourth-order valence-electron chi connectivity index (χ4n) is 4.36. The molecule has 2 saturated heterocycles. The number of benzene rings is 1. The number of aliphatic carboxylic acids is 1. The molecule has 206 valence electrons. The topological polar surface area (TPSA) is 158 Å². The molecular formula is C27H37ClN6O4. The van der Waals surface area contributed by atoms with Crippen LogP contribution in [0.5, 0.6) is 0 Å². The third-order valence-corrected chi connectivity index (χ3v) is 6.93. The summed E-state index contributed by atoms with van der Waals surface area (Å²) in [5.74, 6) is -0.726. The number of hydrogen-bond acceptors (Lipinski definition) is 7. The van der Waals surface area contributed by atoms with Gasteiger partial charge in [-0.25, -0.2) is 4.98 Å². The van der Waals surface area contributed by atoms with Crippen LogP contribution in [0.15, 0.2) is 42.6 Å². The van der Waals surface area contributed by atoms with Crippen molar-refractivity contribution in [3.63, 3.8) is 0 Å². The Morgan fingerprint density at radius 1 is 1.03 bits per heavy atom. The molecule has 0 bridgehead atoms. The molecule has 2 aromatic rings. The number of nitrogens with two attached hydrogens (primary N) is 1. The lowest BCUT2D eigenvalue weighted by Gasteiger charge is -2.26. The van der Waals surface area contributed by atoms with Gasteiger partial charge in [-0.2, -0.15) is 0 Å². The molecule has 0 radical (unpaired) electrons. The maximum Gasteiger partial charge on any atom is 0.320 e. The molecular weight excluding hydrogens is 508 g/mol. The van der Waals surface area contributed by atoms with E-state index in [0.717, 1.165) is 62.7 Å². The molecule has 0 unspecified atom stereocenters. The standard InChI is InChI=1S/C21H26ClN5O2.C6H11NO2/c22-16-6-2-1-5-15(16)11-18(27-21(29)17-7-3-4-10-24-17)20(28)26-13-14-8-9-19(23)25-12-14;8-6(9)5-3-1-2-4-7-5/h1-2,5-6,8-9,12,17-18,24H,3-4,7,10-11,13H2,(H2,23,25)(H,26,28)(H,27,29);5,7H,1-4H2,(H,8,9)/t17-,18+;5-/m11/s1. The summed E-state index contributed by atoms with van der Waals surface area (Å²) < 4.78 is 0. The average molecular weight is 545 g/mol. The van der Waals surface area contributed by atoms with E-state index in [0.29, 0.717) is 23.8 Å². The van der Waals surface area contributed by atoms with E-state index in [1.807, 2.05) is 18.2 Å². The smallest absolute Gasteiger partial charge is 0.320 e. The molecule has 2 fully saturated rings. The molecule has 1 aromatic heterocycles. The minimum Gasteiger partial charge on any atom is -0.480 e. The van der Waals surface area contributed by atoms with E-state index < -0.39 is 12.0 Å². The van der Waals surface area contributed by atoms with Gasteiger partial charge in [0.2, 0.25) is 11.8 Å². The second-order valence-electron chi connectivity index (χ2n) is 9.51. The number of aromatic nitrogens is 1. The predicted molar refractivity (Wildman–Crippen MR) is 147 cm³/mol. The number of carbonyl (C=O) groups is 3. The molecule has 0 saturated carbocycles. The van der Waals surface area contributed by atoms with E-state index in [1.165, 1.54) is 0 Å². The molecule has 10 nitrogen and oxygen atoms in total. The van der Waals surface area contributed by atoms with E-state index in [2.05, 4.69) is 26.3 Å². The van der Waals surface area contributed by atoms with Gasteiger partial charge >= 0.3 is 5.97 Å². The summed E-state index contributed by atoms with van der Waals surface area (Å²) in [5.41, 5.74) is 7.22.